The fourth-order valence-electron chi connectivity index (χ4n) is 1.50. The van der Waals surface area contributed by atoms with Crippen molar-refractivity contribution in [1.82, 2.24) is 5.32 Å². The first-order chi connectivity index (χ1) is 8.33. The maximum absolute atomic E-state index is 9.64. The molecule has 1 unspecified atom stereocenters. The van der Waals surface area contributed by atoms with Crippen LogP contribution in [0.3, 0.4) is 0 Å². The van der Waals surface area contributed by atoms with Crippen LogP contribution >= 0.6 is 12.4 Å². The quantitative estimate of drug-likeness (QED) is 0.679. The maximum atomic E-state index is 9.64. The van der Waals surface area contributed by atoms with E-state index in [2.05, 4.69) is 24.4 Å². The van der Waals surface area contributed by atoms with Crippen LogP contribution in [0.2, 0.25) is 0 Å². The van der Waals surface area contributed by atoms with Crippen molar-refractivity contribution in [3.8, 4) is 0 Å². The minimum absolute atomic E-state index is 0. The van der Waals surface area contributed by atoms with Gasteiger partial charge in [0.25, 0.3) is 0 Å². The summed E-state index contributed by atoms with van der Waals surface area (Å²) in [7, 11) is 0. The van der Waals surface area contributed by atoms with Crippen LogP contribution in [0.4, 0.5) is 0 Å². The highest BCUT2D eigenvalue weighted by Crippen LogP contribution is 1.97. The molecule has 0 fully saturated rings. The number of hydrogen-bond donors (Lipinski definition) is 2. The Kier molecular flexibility index (Phi) is 11.1. The van der Waals surface area contributed by atoms with Crippen molar-refractivity contribution in [2.45, 2.75) is 32.4 Å². The van der Waals surface area contributed by atoms with Crippen molar-refractivity contribution in [2.75, 3.05) is 19.8 Å². The third-order valence-electron chi connectivity index (χ3n) is 2.50. The first kappa shape index (κ1) is 17.4. The summed E-state index contributed by atoms with van der Waals surface area (Å²) >= 11 is 0. The minimum atomic E-state index is -0.421. The summed E-state index contributed by atoms with van der Waals surface area (Å²) in [5, 5.41) is 12.9. The van der Waals surface area contributed by atoms with Crippen LogP contribution < -0.4 is 5.32 Å². The van der Waals surface area contributed by atoms with Gasteiger partial charge in [-0.3, -0.25) is 0 Å². The standard InChI is InChI=1S/C14H23NO2.ClH/c1-2-3-9-17-12-14(16)11-15-10-13-7-5-4-6-8-13;/h4-8,14-16H,2-3,9-12H2,1H3;1H. The van der Waals surface area contributed by atoms with Gasteiger partial charge in [0.05, 0.1) is 12.7 Å². The Hall–Kier alpha value is -0.610. The molecule has 3 nitrogen and oxygen atoms in total. The molecule has 0 amide bonds. The lowest BCUT2D eigenvalue weighted by molar-refractivity contribution is 0.0358. The van der Waals surface area contributed by atoms with E-state index in [1.165, 1.54) is 5.56 Å². The first-order valence-corrected chi connectivity index (χ1v) is 6.33. The Labute approximate surface area is 116 Å². The summed E-state index contributed by atoms with van der Waals surface area (Å²) in [6, 6.07) is 10.2. The number of unbranched alkanes of at least 4 members (excludes halogenated alkanes) is 1. The molecule has 0 radical (unpaired) electrons. The normalized spacial score (nSPS) is 11.9. The summed E-state index contributed by atoms with van der Waals surface area (Å²) < 4.78 is 5.35. The number of rotatable bonds is 9. The van der Waals surface area contributed by atoms with E-state index in [4.69, 9.17) is 4.74 Å². The largest absolute Gasteiger partial charge is 0.389 e. The van der Waals surface area contributed by atoms with Gasteiger partial charge in [-0.2, -0.15) is 0 Å². The van der Waals surface area contributed by atoms with E-state index >= 15 is 0 Å². The van der Waals surface area contributed by atoms with Crippen LogP contribution in [0.5, 0.6) is 0 Å². The summed E-state index contributed by atoms with van der Waals surface area (Å²) in [6.45, 7) is 4.64. The molecule has 0 aliphatic rings. The number of halogens is 1. The Morgan fingerprint density at radius 1 is 1.28 bits per heavy atom. The molecule has 4 heteroatoms. The molecule has 0 bridgehead atoms. The smallest absolute Gasteiger partial charge is 0.0897 e. The van der Waals surface area contributed by atoms with Crippen molar-refractivity contribution >= 4 is 12.4 Å². The number of aliphatic hydroxyl groups excluding tert-OH is 1. The predicted octanol–water partition coefficient (Wildman–Crippen LogP) is 2.38. The highest BCUT2D eigenvalue weighted by molar-refractivity contribution is 5.85. The number of hydrogen-bond acceptors (Lipinski definition) is 3. The monoisotopic (exact) mass is 273 g/mol. The van der Waals surface area contributed by atoms with Crippen LogP contribution in [0, 0.1) is 0 Å². The van der Waals surface area contributed by atoms with Crippen LogP contribution in [0.25, 0.3) is 0 Å². The lowest BCUT2D eigenvalue weighted by atomic mass is 10.2. The topological polar surface area (TPSA) is 41.5 Å². The summed E-state index contributed by atoms with van der Waals surface area (Å²) in [5.74, 6) is 0. The second kappa shape index (κ2) is 11.5. The molecule has 104 valence electrons. The van der Waals surface area contributed by atoms with Crippen molar-refractivity contribution in [2.24, 2.45) is 0 Å². The zero-order chi connectivity index (χ0) is 12.3. The third kappa shape index (κ3) is 8.48. The zero-order valence-electron chi connectivity index (χ0n) is 11.0. The first-order valence-electron chi connectivity index (χ1n) is 6.33. The molecule has 1 rings (SSSR count). The van der Waals surface area contributed by atoms with Crippen LogP contribution in [-0.2, 0) is 11.3 Å². The SMILES string of the molecule is CCCCOCC(O)CNCc1ccccc1.Cl. The van der Waals surface area contributed by atoms with E-state index in [0.29, 0.717) is 13.2 Å². The van der Waals surface area contributed by atoms with Gasteiger partial charge in [0.1, 0.15) is 0 Å². The minimum Gasteiger partial charge on any atom is -0.389 e. The molecule has 1 aromatic rings. The number of nitrogens with one attached hydrogen (secondary N) is 1. The molecular formula is C14H24ClNO2. The molecule has 0 aliphatic heterocycles. The highest BCUT2D eigenvalue weighted by Gasteiger charge is 2.03. The fraction of sp³-hybridized carbons (Fsp3) is 0.571. The zero-order valence-corrected chi connectivity index (χ0v) is 11.8. The number of benzene rings is 1. The van der Waals surface area contributed by atoms with Crippen molar-refractivity contribution in [3.05, 3.63) is 35.9 Å². The molecule has 0 heterocycles. The summed E-state index contributed by atoms with van der Waals surface area (Å²) in [5.41, 5.74) is 1.23. The number of aliphatic hydroxyl groups is 1. The van der Waals surface area contributed by atoms with Gasteiger partial charge >= 0.3 is 0 Å². The average molecular weight is 274 g/mol. The van der Waals surface area contributed by atoms with Gasteiger partial charge in [0.2, 0.25) is 0 Å². The molecule has 0 aromatic heterocycles. The number of ether oxygens (including phenoxy) is 1. The van der Waals surface area contributed by atoms with Crippen molar-refractivity contribution < 1.29 is 9.84 Å². The molecule has 1 atom stereocenters. The maximum Gasteiger partial charge on any atom is 0.0897 e. The van der Waals surface area contributed by atoms with E-state index in [-0.39, 0.29) is 12.4 Å². The second-order valence-electron chi connectivity index (χ2n) is 4.20. The Morgan fingerprint density at radius 3 is 2.67 bits per heavy atom. The van der Waals surface area contributed by atoms with Gasteiger partial charge in [-0.25, -0.2) is 0 Å². The lowest BCUT2D eigenvalue weighted by Gasteiger charge is -2.12. The van der Waals surface area contributed by atoms with E-state index < -0.39 is 6.10 Å². The molecule has 0 aliphatic carbocycles. The summed E-state index contributed by atoms with van der Waals surface area (Å²) in [6.07, 6.45) is 1.77. The predicted molar refractivity (Wildman–Crippen MR) is 77.1 cm³/mol. The second-order valence-corrected chi connectivity index (χ2v) is 4.20. The van der Waals surface area contributed by atoms with Crippen molar-refractivity contribution in [3.63, 3.8) is 0 Å². The third-order valence-corrected chi connectivity index (χ3v) is 2.50. The van der Waals surface area contributed by atoms with Gasteiger partial charge in [-0.05, 0) is 12.0 Å². The van der Waals surface area contributed by atoms with Gasteiger partial charge in [0, 0.05) is 19.7 Å². The Morgan fingerprint density at radius 2 is 2.00 bits per heavy atom. The molecule has 1 aromatic carbocycles. The van der Waals surface area contributed by atoms with Crippen LogP contribution in [0.15, 0.2) is 30.3 Å². The van der Waals surface area contributed by atoms with Gasteiger partial charge < -0.3 is 15.2 Å². The van der Waals surface area contributed by atoms with Gasteiger partial charge in [-0.1, -0.05) is 43.7 Å². The van der Waals surface area contributed by atoms with Crippen LogP contribution in [0.1, 0.15) is 25.3 Å². The highest BCUT2D eigenvalue weighted by atomic mass is 35.5. The van der Waals surface area contributed by atoms with Crippen LogP contribution in [-0.4, -0.2) is 31.0 Å². The molecule has 0 saturated heterocycles. The molecule has 2 N–H and O–H groups in total. The van der Waals surface area contributed by atoms with E-state index in [1.807, 2.05) is 18.2 Å². The molecule has 0 spiro atoms. The van der Waals surface area contributed by atoms with Gasteiger partial charge in [0.15, 0.2) is 0 Å². The van der Waals surface area contributed by atoms with E-state index in [0.717, 1.165) is 26.0 Å². The lowest BCUT2D eigenvalue weighted by Crippen LogP contribution is -2.30. The van der Waals surface area contributed by atoms with E-state index in [1.54, 1.807) is 0 Å². The summed E-state index contributed by atoms with van der Waals surface area (Å²) in [4.78, 5) is 0. The van der Waals surface area contributed by atoms with E-state index in [9.17, 15) is 5.11 Å². The fourth-order valence-corrected chi connectivity index (χ4v) is 1.50. The molecule has 18 heavy (non-hydrogen) atoms. The molecule has 0 saturated carbocycles. The van der Waals surface area contributed by atoms with Crippen molar-refractivity contribution in [1.29, 1.82) is 0 Å². The Bertz CT molecular complexity index is 282. The van der Waals surface area contributed by atoms with Gasteiger partial charge in [-0.15, -0.1) is 12.4 Å². The average Bonchev–Trinajstić information content (AvgIpc) is 2.36. The molecular weight excluding hydrogens is 250 g/mol. The Balaban J connectivity index is 0.00000289.